The molecule has 1 unspecified atom stereocenters. The zero-order valence-electron chi connectivity index (χ0n) is 10.8. The molecule has 1 heterocycles. The van der Waals surface area contributed by atoms with Crippen LogP contribution in [0, 0.1) is 5.41 Å². The van der Waals surface area contributed by atoms with Crippen molar-refractivity contribution in [1.82, 2.24) is 10.2 Å². The van der Waals surface area contributed by atoms with Crippen LogP contribution in [0.4, 0.5) is 0 Å². The average molecular weight is 212 g/mol. The van der Waals surface area contributed by atoms with Gasteiger partial charge in [0.25, 0.3) is 0 Å². The standard InChI is InChI=1S/C13H28N2/c1-4-8-14-11-13(3,5-2)12-15-9-6-7-10-15/h14H,4-12H2,1-3H3. The van der Waals surface area contributed by atoms with Crippen molar-refractivity contribution in [3.63, 3.8) is 0 Å². The van der Waals surface area contributed by atoms with Crippen LogP contribution in [0.2, 0.25) is 0 Å². The van der Waals surface area contributed by atoms with Crippen molar-refractivity contribution in [2.75, 3.05) is 32.7 Å². The van der Waals surface area contributed by atoms with Gasteiger partial charge in [0.15, 0.2) is 0 Å². The average Bonchev–Trinajstić information content (AvgIpc) is 2.71. The number of rotatable bonds is 7. The van der Waals surface area contributed by atoms with Gasteiger partial charge in [-0.25, -0.2) is 0 Å². The van der Waals surface area contributed by atoms with E-state index < -0.39 is 0 Å². The monoisotopic (exact) mass is 212 g/mol. The van der Waals surface area contributed by atoms with Crippen molar-refractivity contribution in [3.8, 4) is 0 Å². The molecule has 1 rings (SSSR count). The highest BCUT2D eigenvalue weighted by Crippen LogP contribution is 2.23. The van der Waals surface area contributed by atoms with Crippen molar-refractivity contribution in [2.45, 2.75) is 46.5 Å². The summed E-state index contributed by atoms with van der Waals surface area (Å²) in [6.45, 7) is 13.2. The Morgan fingerprint density at radius 3 is 2.40 bits per heavy atom. The number of likely N-dealkylation sites (tertiary alicyclic amines) is 1. The second-order valence-electron chi connectivity index (χ2n) is 5.32. The third-order valence-corrected chi connectivity index (χ3v) is 3.64. The molecule has 0 saturated carbocycles. The Hall–Kier alpha value is -0.0800. The number of hydrogen-bond donors (Lipinski definition) is 1. The summed E-state index contributed by atoms with van der Waals surface area (Å²) in [6, 6.07) is 0. The van der Waals surface area contributed by atoms with E-state index in [-0.39, 0.29) is 0 Å². The fourth-order valence-corrected chi connectivity index (χ4v) is 2.34. The lowest BCUT2D eigenvalue weighted by molar-refractivity contribution is 0.180. The zero-order valence-corrected chi connectivity index (χ0v) is 10.8. The molecule has 0 aromatic rings. The topological polar surface area (TPSA) is 15.3 Å². The van der Waals surface area contributed by atoms with Gasteiger partial charge in [-0.2, -0.15) is 0 Å². The lowest BCUT2D eigenvalue weighted by Crippen LogP contribution is -2.41. The molecule has 1 aliphatic rings. The summed E-state index contributed by atoms with van der Waals surface area (Å²) in [5.41, 5.74) is 0.472. The number of nitrogens with zero attached hydrogens (tertiary/aromatic N) is 1. The van der Waals surface area contributed by atoms with E-state index >= 15 is 0 Å². The molecule has 2 nitrogen and oxygen atoms in total. The Morgan fingerprint density at radius 2 is 1.87 bits per heavy atom. The van der Waals surface area contributed by atoms with E-state index in [9.17, 15) is 0 Å². The lowest BCUT2D eigenvalue weighted by atomic mass is 9.87. The molecule has 0 amide bonds. The molecule has 0 aromatic carbocycles. The summed E-state index contributed by atoms with van der Waals surface area (Å²) >= 11 is 0. The van der Waals surface area contributed by atoms with Gasteiger partial charge in [-0.1, -0.05) is 20.8 Å². The first-order chi connectivity index (χ1) is 7.20. The summed E-state index contributed by atoms with van der Waals surface area (Å²) < 4.78 is 0. The number of hydrogen-bond acceptors (Lipinski definition) is 2. The maximum absolute atomic E-state index is 3.57. The van der Waals surface area contributed by atoms with Crippen LogP contribution >= 0.6 is 0 Å². The van der Waals surface area contributed by atoms with Crippen molar-refractivity contribution in [3.05, 3.63) is 0 Å². The van der Waals surface area contributed by atoms with Crippen molar-refractivity contribution < 1.29 is 0 Å². The molecule has 1 atom stereocenters. The fourth-order valence-electron chi connectivity index (χ4n) is 2.34. The molecule has 90 valence electrons. The smallest absolute Gasteiger partial charge is 0.00474 e. The molecule has 0 radical (unpaired) electrons. The van der Waals surface area contributed by atoms with Gasteiger partial charge in [0.2, 0.25) is 0 Å². The Morgan fingerprint density at radius 1 is 1.20 bits per heavy atom. The highest BCUT2D eigenvalue weighted by Gasteiger charge is 2.26. The van der Waals surface area contributed by atoms with E-state index in [0.29, 0.717) is 5.41 Å². The van der Waals surface area contributed by atoms with Gasteiger partial charge in [-0.05, 0) is 50.7 Å². The largest absolute Gasteiger partial charge is 0.316 e. The molecular weight excluding hydrogens is 184 g/mol. The molecule has 0 spiro atoms. The van der Waals surface area contributed by atoms with Gasteiger partial charge in [0, 0.05) is 13.1 Å². The van der Waals surface area contributed by atoms with Gasteiger partial charge in [-0.15, -0.1) is 0 Å². The summed E-state index contributed by atoms with van der Waals surface area (Å²) in [6.07, 6.45) is 5.33. The summed E-state index contributed by atoms with van der Waals surface area (Å²) in [5.74, 6) is 0. The Balaban J connectivity index is 2.29. The maximum atomic E-state index is 3.57. The van der Waals surface area contributed by atoms with E-state index in [1.54, 1.807) is 0 Å². The van der Waals surface area contributed by atoms with Crippen molar-refractivity contribution in [1.29, 1.82) is 0 Å². The van der Waals surface area contributed by atoms with E-state index in [0.717, 1.165) is 6.54 Å². The fraction of sp³-hybridized carbons (Fsp3) is 1.00. The third kappa shape index (κ3) is 4.52. The van der Waals surface area contributed by atoms with Gasteiger partial charge in [-0.3, -0.25) is 0 Å². The van der Waals surface area contributed by atoms with Gasteiger partial charge >= 0.3 is 0 Å². The molecule has 2 heteroatoms. The minimum Gasteiger partial charge on any atom is -0.316 e. The van der Waals surface area contributed by atoms with Crippen LogP contribution in [0.25, 0.3) is 0 Å². The second-order valence-corrected chi connectivity index (χ2v) is 5.32. The highest BCUT2D eigenvalue weighted by molar-refractivity contribution is 4.81. The summed E-state index contributed by atoms with van der Waals surface area (Å²) in [5, 5.41) is 3.57. The SMILES string of the molecule is CCCNCC(C)(CC)CN1CCCC1. The lowest BCUT2D eigenvalue weighted by Gasteiger charge is -2.33. The predicted octanol–water partition coefficient (Wildman–Crippen LogP) is 2.50. The van der Waals surface area contributed by atoms with Crippen LogP contribution < -0.4 is 5.32 Å². The van der Waals surface area contributed by atoms with Crippen LogP contribution in [-0.2, 0) is 0 Å². The summed E-state index contributed by atoms with van der Waals surface area (Å²) in [7, 11) is 0. The van der Waals surface area contributed by atoms with E-state index in [4.69, 9.17) is 0 Å². The maximum Gasteiger partial charge on any atom is 0.00474 e. The van der Waals surface area contributed by atoms with E-state index in [1.807, 2.05) is 0 Å². The minimum atomic E-state index is 0.472. The first kappa shape index (κ1) is 13.0. The Bertz CT molecular complexity index is 164. The quantitative estimate of drug-likeness (QED) is 0.652. The van der Waals surface area contributed by atoms with Crippen LogP contribution in [0.1, 0.15) is 46.5 Å². The molecule has 1 saturated heterocycles. The van der Waals surface area contributed by atoms with Crippen LogP contribution in [-0.4, -0.2) is 37.6 Å². The zero-order chi connectivity index (χ0) is 11.1. The van der Waals surface area contributed by atoms with Gasteiger partial charge in [0.05, 0.1) is 0 Å². The molecule has 1 N–H and O–H groups in total. The Labute approximate surface area is 95.4 Å². The van der Waals surface area contributed by atoms with Crippen molar-refractivity contribution >= 4 is 0 Å². The van der Waals surface area contributed by atoms with Crippen molar-refractivity contribution in [2.24, 2.45) is 5.41 Å². The first-order valence-corrected chi connectivity index (χ1v) is 6.63. The van der Waals surface area contributed by atoms with E-state index in [2.05, 4.69) is 31.0 Å². The molecule has 0 bridgehead atoms. The molecule has 15 heavy (non-hydrogen) atoms. The van der Waals surface area contributed by atoms with Crippen LogP contribution in [0.3, 0.4) is 0 Å². The normalized spacial score (nSPS) is 21.8. The first-order valence-electron chi connectivity index (χ1n) is 6.63. The molecule has 0 aliphatic carbocycles. The van der Waals surface area contributed by atoms with Crippen LogP contribution in [0.15, 0.2) is 0 Å². The molecule has 1 fully saturated rings. The van der Waals surface area contributed by atoms with Gasteiger partial charge in [0.1, 0.15) is 0 Å². The third-order valence-electron chi connectivity index (χ3n) is 3.64. The van der Waals surface area contributed by atoms with E-state index in [1.165, 1.54) is 51.9 Å². The molecule has 0 aromatic heterocycles. The Kier molecular flexibility index (Phi) is 5.62. The predicted molar refractivity (Wildman–Crippen MR) is 67.2 cm³/mol. The second kappa shape index (κ2) is 6.49. The molecular formula is C13H28N2. The van der Waals surface area contributed by atoms with Crippen LogP contribution in [0.5, 0.6) is 0 Å². The highest BCUT2D eigenvalue weighted by atomic mass is 15.1. The minimum absolute atomic E-state index is 0.472. The number of nitrogens with one attached hydrogen (secondary N) is 1. The van der Waals surface area contributed by atoms with Gasteiger partial charge < -0.3 is 10.2 Å². The molecule has 1 aliphatic heterocycles. The summed E-state index contributed by atoms with van der Waals surface area (Å²) in [4.78, 5) is 2.64.